The molecular formula is C9H20BNO. The summed E-state index contributed by atoms with van der Waals surface area (Å²) in [5, 5.41) is 3.46. The van der Waals surface area contributed by atoms with Gasteiger partial charge in [-0.25, -0.2) is 0 Å². The van der Waals surface area contributed by atoms with Crippen LogP contribution in [-0.2, 0) is 4.65 Å². The molecule has 0 aromatic carbocycles. The molecule has 3 heteroatoms. The van der Waals surface area contributed by atoms with Gasteiger partial charge in [0, 0.05) is 6.10 Å². The van der Waals surface area contributed by atoms with Crippen molar-refractivity contribution in [1.82, 2.24) is 5.23 Å². The Hall–Kier alpha value is -0.0151. The van der Waals surface area contributed by atoms with Crippen LogP contribution >= 0.6 is 0 Å². The van der Waals surface area contributed by atoms with Crippen molar-refractivity contribution in [2.75, 3.05) is 0 Å². The lowest BCUT2D eigenvalue weighted by Gasteiger charge is -2.32. The normalized spacial score (nSPS) is 31.2. The predicted octanol–water partition coefficient (Wildman–Crippen LogP) is 1.92. The molecule has 2 atom stereocenters. The Morgan fingerprint density at radius 2 is 2.17 bits per heavy atom. The third-order valence-electron chi connectivity index (χ3n) is 2.24. The maximum Gasteiger partial charge on any atom is 0.380 e. The Bertz CT molecular complexity index is 128. The molecule has 0 aromatic heterocycles. The summed E-state index contributed by atoms with van der Waals surface area (Å²) in [6, 6.07) is 0.609. The average molecular weight is 169 g/mol. The Balaban J connectivity index is 2.34. The predicted molar refractivity (Wildman–Crippen MR) is 53.2 cm³/mol. The Kier molecular flexibility index (Phi) is 3.60. The Labute approximate surface area is 76.2 Å². The molecule has 2 nitrogen and oxygen atoms in total. The van der Waals surface area contributed by atoms with Crippen LogP contribution in [0.25, 0.3) is 0 Å². The molecule has 0 radical (unpaired) electrons. The van der Waals surface area contributed by atoms with E-state index in [2.05, 4.69) is 32.9 Å². The van der Waals surface area contributed by atoms with Gasteiger partial charge in [0.1, 0.15) is 0 Å². The zero-order valence-electron chi connectivity index (χ0n) is 8.63. The monoisotopic (exact) mass is 169 g/mol. The first-order chi connectivity index (χ1) is 5.58. The van der Waals surface area contributed by atoms with Crippen LogP contribution in [0.4, 0.5) is 0 Å². The first-order valence-corrected chi connectivity index (χ1v) is 4.99. The van der Waals surface area contributed by atoms with Gasteiger partial charge in [-0.3, -0.25) is 0 Å². The van der Waals surface area contributed by atoms with Crippen molar-refractivity contribution in [3.05, 3.63) is 0 Å². The fourth-order valence-electron chi connectivity index (χ4n) is 1.81. The van der Waals surface area contributed by atoms with E-state index < -0.39 is 0 Å². The van der Waals surface area contributed by atoms with E-state index in [9.17, 15) is 0 Å². The Morgan fingerprint density at radius 3 is 2.67 bits per heavy atom. The summed E-state index contributed by atoms with van der Waals surface area (Å²) in [5.41, 5.74) is 0. The third kappa shape index (κ3) is 3.15. The lowest BCUT2D eigenvalue weighted by molar-refractivity contribution is 0.162. The average Bonchev–Trinajstić information content (AvgIpc) is 1.81. The number of hydrogen-bond acceptors (Lipinski definition) is 2. The van der Waals surface area contributed by atoms with Crippen LogP contribution in [0.1, 0.15) is 34.1 Å². The molecule has 1 aliphatic rings. The van der Waals surface area contributed by atoms with E-state index in [1.165, 1.54) is 0 Å². The number of rotatable bonds is 2. The molecule has 0 spiro atoms. The topological polar surface area (TPSA) is 21.3 Å². The first kappa shape index (κ1) is 10.1. The van der Waals surface area contributed by atoms with E-state index >= 15 is 0 Å². The minimum Gasteiger partial charge on any atom is -0.419 e. The highest BCUT2D eigenvalue weighted by molar-refractivity contribution is 6.49. The van der Waals surface area contributed by atoms with Crippen LogP contribution in [0.3, 0.4) is 0 Å². The van der Waals surface area contributed by atoms with Crippen molar-refractivity contribution < 1.29 is 4.65 Å². The van der Waals surface area contributed by atoms with E-state index in [-0.39, 0.29) is 7.05 Å². The van der Waals surface area contributed by atoms with Crippen LogP contribution in [0, 0.1) is 5.92 Å². The van der Waals surface area contributed by atoms with Crippen molar-refractivity contribution in [2.45, 2.75) is 52.6 Å². The first-order valence-electron chi connectivity index (χ1n) is 4.99. The lowest BCUT2D eigenvalue weighted by atomic mass is 9.70. The molecule has 1 aliphatic heterocycles. The maximum absolute atomic E-state index is 5.76. The van der Waals surface area contributed by atoms with Crippen LogP contribution in [0.5, 0.6) is 0 Å². The minimum absolute atomic E-state index is 0.281. The van der Waals surface area contributed by atoms with Gasteiger partial charge in [-0.1, -0.05) is 20.8 Å². The van der Waals surface area contributed by atoms with E-state index in [4.69, 9.17) is 4.65 Å². The Morgan fingerprint density at radius 1 is 1.50 bits per heavy atom. The molecule has 12 heavy (non-hydrogen) atoms. The van der Waals surface area contributed by atoms with Crippen molar-refractivity contribution in [3.8, 4) is 0 Å². The summed E-state index contributed by atoms with van der Waals surface area (Å²) >= 11 is 0. The van der Waals surface area contributed by atoms with Gasteiger partial charge < -0.3 is 9.88 Å². The van der Waals surface area contributed by atoms with Crippen molar-refractivity contribution in [2.24, 2.45) is 5.92 Å². The van der Waals surface area contributed by atoms with Gasteiger partial charge in [0.25, 0.3) is 0 Å². The zero-order chi connectivity index (χ0) is 9.14. The molecule has 1 fully saturated rings. The molecule has 0 bridgehead atoms. The summed E-state index contributed by atoms with van der Waals surface area (Å²) in [4.78, 5) is 0. The highest BCUT2D eigenvalue weighted by Crippen LogP contribution is 2.15. The summed E-state index contributed by atoms with van der Waals surface area (Å²) < 4.78 is 5.76. The fourth-order valence-corrected chi connectivity index (χ4v) is 1.81. The van der Waals surface area contributed by atoms with Gasteiger partial charge in [-0.05, 0) is 31.6 Å². The van der Waals surface area contributed by atoms with E-state index in [0.717, 1.165) is 12.7 Å². The number of nitrogens with one attached hydrogen (secondary N) is 1. The standard InChI is InChI=1S/C9H20BNO/c1-7(2)6-10-11-8(3)5-9(4)12-10/h7-9,11H,5-6H2,1-4H3/t8-,9+/m0/s1. The van der Waals surface area contributed by atoms with Gasteiger partial charge in [-0.2, -0.15) is 0 Å². The molecule has 0 amide bonds. The van der Waals surface area contributed by atoms with Gasteiger partial charge in [0.2, 0.25) is 0 Å². The highest BCUT2D eigenvalue weighted by atomic mass is 16.5. The largest absolute Gasteiger partial charge is 0.419 e. The second kappa shape index (κ2) is 4.29. The van der Waals surface area contributed by atoms with Crippen molar-refractivity contribution in [3.63, 3.8) is 0 Å². The maximum atomic E-state index is 5.76. The summed E-state index contributed by atoms with van der Waals surface area (Å²) in [6.45, 7) is 8.85. The van der Waals surface area contributed by atoms with Gasteiger partial charge in [0.05, 0.1) is 0 Å². The van der Waals surface area contributed by atoms with Crippen LogP contribution < -0.4 is 5.23 Å². The summed E-state index contributed by atoms with van der Waals surface area (Å²) in [6.07, 6.45) is 2.67. The second-order valence-electron chi connectivity index (χ2n) is 4.37. The van der Waals surface area contributed by atoms with E-state index in [0.29, 0.717) is 18.1 Å². The minimum atomic E-state index is 0.281. The molecule has 1 saturated heterocycles. The molecule has 0 unspecified atom stereocenters. The molecule has 1 heterocycles. The van der Waals surface area contributed by atoms with Crippen LogP contribution in [0.2, 0.25) is 6.32 Å². The summed E-state index contributed by atoms with van der Waals surface area (Å²) in [5.74, 6) is 0.708. The molecule has 0 aliphatic carbocycles. The van der Waals surface area contributed by atoms with Crippen molar-refractivity contribution >= 4 is 7.05 Å². The summed E-state index contributed by atoms with van der Waals surface area (Å²) in [7, 11) is 0.281. The molecule has 1 rings (SSSR count). The van der Waals surface area contributed by atoms with Gasteiger partial charge >= 0.3 is 7.05 Å². The SMILES string of the molecule is CC(C)CB1N[C@@H](C)C[C@@H](C)O1. The quantitative estimate of drug-likeness (QED) is 0.637. The van der Waals surface area contributed by atoms with Crippen molar-refractivity contribution in [1.29, 1.82) is 0 Å². The second-order valence-corrected chi connectivity index (χ2v) is 4.37. The van der Waals surface area contributed by atoms with E-state index in [1.807, 2.05) is 0 Å². The molecular weight excluding hydrogens is 149 g/mol. The molecule has 1 N–H and O–H groups in total. The highest BCUT2D eigenvalue weighted by Gasteiger charge is 2.27. The third-order valence-corrected chi connectivity index (χ3v) is 2.24. The zero-order valence-corrected chi connectivity index (χ0v) is 8.63. The number of hydrogen-bond donors (Lipinski definition) is 1. The van der Waals surface area contributed by atoms with Crippen LogP contribution in [-0.4, -0.2) is 19.2 Å². The molecule has 0 aromatic rings. The van der Waals surface area contributed by atoms with Gasteiger partial charge in [-0.15, -0.1) is 0 Å². The molecule has 70 valence electrons. The smallest absolute Gasteiger partial charge is 0.380 e. The fraction of sp³-hybridized carbons (Fsp3) is 1.00. The van der Waals surface area contributed by atoms with E-state index in [1.54, 1.807) is 0 Å². The lowest BCUT2D eigenvalue weighted by Crippen LogP contribution is -2.51. The van der Waals surface area contributed by atoms with Gasteiger partial charge in [0.15, 0.2) is 0 Å². The molecule has 0 saturated carbocycles. The van der Waals surface area contributed by atoms with Crippen LogP contribution in [0.15, 0.2) is 0 Å².